The van der Waals surface area contributed by atoms with Gasteiger partial charge in [0.05, 0.1) is 6.04 Å². The predicted molar refractivity (Wildman–Crippen MR) is 118 cm³/mol. The van der Waals surface area contributed by atoms with E-state index in [4.69, 9.17) is 0 Å². The van der Waals surface area contributed by atoms with E-state index in [2.05, 4.69) is 76.6 Å². The van der Waals surface area contributed by atoms with Gasteiger partial charge >= 0.3 is 0 Å². The van der Waals surface area contributed by atoms with Crippen LogP contribution in [0.1, 0.15) is 48.5 Å². The van der Waals surface area contributed by atoms with Crippen molar-refractivity contribution in [2.75, 3.05) is 0 Å². The van der Waals surface area contributed by atoms with Gasteiger partial charge in [-0.3, -0.25) is 4.79 Å². The molecule has 0 bridgehead atoms. The molecule has 0 aliphatic heterocycles. The van der Waals surface area contributed by atoms with E-state index in [1.165, 1.54) is 38.6 Å². The molecular weight excluding hydrogens is 358 g/mol. The largest absolute Gasteiger partial charge is 0.356 e. The third kappa shape index (κ3) is 3.33. The van der Waals surface area contributed by atoms with Crippen LogP contribution in [0.15, 0.2) is 54.7 Å². The molecular formula is C25H27N3O. The highest BCUT2D eigenvalue weighted by atomic mass is 16.1. The third-order valence-electron chi connectivity index (χ3n) is 6.28. The number of nitrogens with zero attached hydrogens (tertiary/aromatic N) is 1. The Labute approximate surface area is 170 Å². The first kappa shape index (κ1) is 18.0. The molecule has 2 aromatic carbocycles. The molecule has 2 N–H and O–H groups in total. The first-order valence-corrected chi connectivity index (χ1v) is 10.6. The van der Waals surface area contributed by atoms with Crippen LogP contribution in [-0.4, -0.2) is 15.5 Å². The molecule has 0 saturated heterocycles. The summed E-state index contributed by atoms with van der Waals surface area (Å²) in [5.41, 5.74) is 6.34. The lowest BCUT2D eigenvalue weighted by Gasteiger charge is -2.24. The molecule has 1 atom stereocenters. The number of amides is 1. The van der Waals surface area contributed by atoms with Gasteiger partial charge in [-0.25, -0.2) is 0 Å². The summed E-state index contributed by atoms with van der Waals surface area (Å²) in [4.78, 5) is 16.2. The number of hydrogen-bond donors (Lipinski definition) is 2. The van der Waals surface area contributed by atoms with E-state index in [-0.39, 0.29) is 11.9 Å². The Hall–Kier alpha value is -3.01. The average molecular weight is 386 g/mol. The van der Waals surface area contributed by atoms with Crippen molar-refractivity contribution in [3.05, 3.63) is 71.5 Å². The van der Waals surface area contributed by atoms with Crippen molar-refractivity contribution in [1.82, 2.24) is 14.9 Å². The highest BCUT2D eigenvalue weighted by Gasteiger charge is 2.25. The van der Waals surface area contributed by atoms with E-state index in [9.17, 15) is 4.79 Å². The Morgan fingerprint density at radius 3 is 2.83 bits per heavy atom. The minimum atomic E-state index is 0.108. The van der Waals surface area contributed by atoms with Crippen molar-refractivity contribution in [2.24, 2.45) is 7.05 Å². The van der Waals surface area contributed by atoms with Crippen molar-refractivity contribution in [1.29, 1.82) is 0 Å². The summed E-state index contributed by atoms with van der Waals surface area (Å²) in [5, 5.41) is 5.89. The van der Waals surface area contributed by atoms with Crippen molar-refractivity contribution in [2.45, 2.75) is 44.6 Å². The molecule has 4 nitrogen and oxygen atoms in total. The number of carbonyl (C=O) groups excluding carboxylic acids is 1. The zero-order valence-corrected chi connectivity index (χ0v) is 16.9. The number of aryl methyl sites for hydroxylation is 3. The lowest BCUT2D eigenvalue weighted by Crippen LogP contribution is -2.30. The molecule has 2 heterocycles. The second-order valence-corrected chi connectivity index (χ2v) is 8.21. The Bertz CT molecular complexity index is 1180. The number of H-pyrrole nitrogens is 1. The summed E-state index contributed by atoms with van der Waals surface area (Å²) >= 11 is 0. The van der Waals surface area contributed by atoms with Crippen LogP contribution in [0.4, 0.5) is 0 Å². The number of aromatic amines is 1. The van der Waals surface area contributed by atoms with Crippen molar-refractivity contribution in [3.63, 3.8) is 0 Å². The summed E-state index contributed by atoms with van der Waals surface area (Å²) in [7, 11) is 2.08. The standard InChI is InChI=1S/C25H27N3O/c1-28-16-17(18-9-3-5-14-23(18)28)8-6-15-24(29)26-22-13-7-11-20-19-10-2-4-12-21(19)27-25(20)22/h2-5,9-10,12,14,16,22,27H,6-8,11,13,15H2,1H3,(H,26,29)/t22-/m0/s1. The SMILES string of the molecule is Cn1cc(CCCC(=O)N[C@H]2CCCc3c2[nH]c2ccccc32)c2ccccc21. The van der Waals surface area contributed by atoms with Crippen LogP contribution in [0.25, 0.3) is 21.8 Å². The highest BCUT2D eigenvalue weighted by Crippen LogP contribution is 2.34. The van der Waals surface area contributed by atoms with Crippen LogP contribution in [0.2, 0.25) is 0 Å². The molecule has 29 heavy (non-hydrogen) atoms. The lowest BCUT2D eigenvalue weighted by molar-refractivity contribution is -0.122. The van der Waals surface area contributed by atoms with Gasteiger partial charge in [0, 0.05) is 47.2 Å². The monoisotopic (exact) mass is 385 g/mol. The van der Waals surface area contributed by atoms with Gasteiger partial charge in [0.15, 0.2) is 0 Å². The lowest BCUT2D eigenvalue weighted by atomic mass is 9.91. The Kier molecular flexibility index (Phi) is 4.62. The summed E-state index contributed by atoms with van der Waals surface area (Å²) in [6.07, 6.45) is 7.77. The molecule has 1 aliphatic rings. The van der Waals surface area contributed by atoms with Gasteiger partial charge in [0.1, 0.15) is 0 Å². The number of carbonyl (C=O) groups is 1. The first-order valence-electron chi connectivity index (χ1n) is 10.6. The van der Waals surface area contributed by atoms with Gasteiger partial charge in [-0.15, -0.1) is 0 Å². The van der Waals surface area contributed by atoms with E-state index in [0.29, 0.717) is 6.42 Å². The molecule has 0 spiro atoms. The van der Waals surface area contributed by atoms with Gasteiger partial charge in [0.25, 0.3) is 0 Å². The van der Waals surface area contributed by atoms with Gasteiger partial charge in [-0.1, -0.05) is 36.4 Å². The van der Waals surface area contributed by atoms with Crippen LogP contribution in [0, 0.1) is 0 Å². The second-order valence-electron chi connectivity index (χ2n) is 8.21. The summed E-state index contributed by atoms with van der Waals surface area (Å²) in [6, 6.07) is 17.0. The van der Waals surface area contributed by atoms with Gasteiger partial charge in [-0.2, -0.15) is 0 Å². The van der Waals surface area contributed by atoms with E-state index >= 15 is 0 Å². The number of rotatable bonds is 5. The number of fused-ring (bicyclic) bond motifs is 4. The highest BCUT2D eigenvalue weighted by molar-refractivity contribution is 5.86. The third-order valence-corrected chi connectivity index (χ3v) is 6.28. The molecule has 0 unspecified atom stereocenters. The van der Waals surface area contributed by atoms with E-state index in [1.807, 2.05) is 0 Å². The van der Waals surface area contributed by atoms with Crippen LogP contribution >= 0.6 is 0 Å². The van der Waals surface area contributed by atoms with Gasteiger partial charge in [0.2, 0.25) is 5.91 Å². The average Bonchev–Trinajstić information content (AvgIpc) is 3.27. The molecule has 5 rings (SSSR count). The molecule has 148 valence electrons. The molecule has 1 amide bonds. The molecule has 4 heteroatoms. The fraction of sp³-hybridized carbons (Fsp3) is 0.320. The molecule has 0 fully saturated rings. The fourth-order valence-electron chi connectivity index (χ4n) is 4.89. The summed E-state index contributed by atoms with van der Waals surface area (Å²) < 4.78 is 2.17. The maximum Gasteiger partial charge on any atom is 0.220 e. The number of hydrogen-bond acceptors (Lipinski definition) is 1. The maximum atomic E-state index is 12.7. The van der Waals surface area contributed by atoms with Crippen molar-refractivity contribution in [3.8, 4) is 0 Å². The Morgan fingerprint density at radius 2 is 1.93 bits per heavy atom. The minimum Gasteiger partial charge on any atom is -0.356 e. The number of nitrogens with one attached hydrogen (secondary N) is 2. The van der Waals surface area contributed by atoms with E-state index < -0.39 is 0 Å². The quantitative estimate of drug-likeness (QED) is 0.489. The molecule has 1 aliphatic carbocycles. The Balaban J connectivity index is 1.24. The van der Waals surface area contributed by atoms with Crippen LogP contribution in [0.3, 0.4) is 0 Å². The van der Waals surface area contributed by atoms with Gasteiger partial charge < -0.3 is 14.9 Å². The summed E-state index contributed by atoms with van der Waals surface area (Å²) in [5.74, 6) is 0.154. The zero-order chi connectivity index (χ0) is 19.8. The van der Waals surface area contributed by atoms with Crippen molar-refractivity contribution >= 4 is 27.7 Å². The second kappa shape index (κ2) is 7.43. The van der Waals surface area contributed by atoms with Crippen molar-refractivity contribution < 1.29 is 4.79 Å². The Morgan fingerprint density at radius 1 is 1.14 bits per heavy atom. The van der Waals surface area contributed by atoms with Crippen LogP contribution in [0.5, 0.6) is 0 Å². The van der Waals surface area contributed by atoms with E-state index in [1.54, 1.807) is 0 Å². The number of benzene rings is 2. The van der Waals surface area contributed by atoms with Gasteiger partial charge in [-0.05, 0) is 55.4 Å². The zero-order valence-electron chi connectivity index (χ0n) is 16.9. The summed E-state index contributed by atoms with van der Waals surface area (Å²) in [6.45, 7) is 0. The number of aromatic nitrogens is 2. The fourth-order valence-corrected chi connectivity index (χ4v) is 4.89. The van der Waals surface area contributed by atoms with Crippen LogP contribution < -0.4 is 5.32 Å². The molecule has 0 saturated carbocycles. The minimum absolute atomic E-state index is 0.108. The topological polar surface area (TPSA) is 49.8 Å². The molecule has 2 aromatic heterocycles. The number of para-hydroxylation sites is 2. The predicted octanol–water partition coefficient (Wildman–Crippen LogP) is 5.18. The van der Waals surface area contributed by atoms with Crippen LogP contribution in [-0.2, 0) is 24.7 Å². The molecule has 0 radical (unpaired) electrons. The van der Waals surface area contributed by atoms with E-state index in [0.717, 1.165) is 32.1 Å². The maximum absolute atomic E-state index is 12.7. The smallest absolute Gasteiger partial charge is 0.220 e. The molecule has 4 aromatic rings. The first-order chi connectivity index (χ1) is 14.2. The normalized spacial score (nSPS) is 16.2.